The third-order valence-electron chi connectivity index (χ3n) is 7.24. The minimum absolute atomic E-state index is 0.0390. The SMILES string of the molecule is CC(C)(CC#CC(O)(C(F)(F)C(F)(F)F)C(F)(F)C(F)(F)F)C1CC[C@H]2C(=O)CCC[C@]12C. The second kappa shape index (κ2) is 8.02. The summed E-state index contributed by atoms with van der Waals surface area (Å²) in [7, 11) is 0. The molecule has 2 aliphatic carbocycles. The van der Waals surface area contributed by atoms with Gasteiger partial charge in [0.2, 0.25) is 0 Å². The van der Waals surface area contributed by atoms with Crippen molar-refractivity contribution < 1.29 is 53.8 Å². The molecule has 33 heavy (non-hydrogen) atoms. The Morgan fingerprint density at radius 2 is 1.42 bits per heavy atom. The number of aliphatic hydroxyl groups is 1. The van der Waals surface area contributed by atoms with Gasteiger partial charge in [-0.3, -0.25) is 4.79 Å². The van der Waals surface area contributed by atoms with Gasteiger partial charge in [-0.05, 0) is 42.4 Å². The van der Waals surface area contributed by atoms with E-state index < -0.39 is 47.0 Å². The molecule has 0 amide bonds. The second-order valence-corrected chi connectivity index (χ2v) is 9.83. The van der Waals surface area contributed by atoms with Crippen LogP contribution in [0.25, 0.3) is 0 Å². The fourth-order valence-corrected chi connectivity index (χ4v) is 5.50. The molecule has 3 atom stereocenters. The van der Waals surface area contributed by atoms with Crippen molar-refractivity contribution >= 4 is 5.78 Å². The van der Waals surface area contributed by atoms with E-state index in [9.17, 15) is 53.8 Å². The summed E-state index contributed by atoms with van der Waals surface area (Å²) in [6.45, 7) is 4.86. The molecule has 0 aromatic heterocycles. The van der Waals surface area contributed by atoms with Crippen LogP contribution in [0.3, 0.4) is 0 Å². The average Bonchev–Trinajstić information content (AvgIpc) is 2.98. The van der Waals surface area contributed by atoms with Crippen LogP contribution < -0.4 is 0 Å². The Labute approximate surface area is 184 Å². The number of Topliss-reactive ketones (excluding diaryl/α,β-unsaturated/α-hetero) is 1. The van der Waals surface area contributed by atoms with Gasteiger partial charge in [0.25, 0.3) is 5.60 Å². The molecule has 1 N–H and O–H groups in total. The zero-order chi connectivity index (χ0) is 25.9. The highest BCUT2D eigenvalue weighted by Gasteiger charge is 2.84. The lowest BCUT2D eigenvalue weighted by Gasteiger charge is -2.46. The van der Waals surface area contributed by atoms with Gasteiger partial charge in [-0.2, -0.15) is 43.9 Å². The predicted octanol–water partition coefficient (Wildman–Crippen LogP) is 6.32. The maximum Gasteiger partial charge on any atom is 0.457 e. The first-order valence-corrected chi connectivity index (χ1v) is 10.2. The number of carbonyl (C=O) groups excluding carboxylic acids is 1. The Balaban J connectivity index is 2.45. The number of hydrogen-bond acceptors (Lipinski definition) is 2. The minimum Gasteiger partial charge on any atom is -0.367 e. The van der Waals surface area contributed by atoms with Crippen molar-refractivity contribution in [1.82, 2.24) is 0 Å². The molecule has 0 aromatic rings. The molecular weight excluding hydrogens is 474 g/mol. The van der Waals surface area contributed by atoms with Crippen LogP contribution in [0.2, 0.25) is 0 Å². The molecule has 0 aliphatic heterocycles. The molecule has 0 saturated heterocycles. The molecule has 0 heterocycles. The summed E-state index contributed by atoms with van der Waals surface area (Å²) in [5.74, 6) is -12.2. The molecule has 0 radical (unpaired) electrons. The summed E-state index contributed by atoms with van der Waals surface area (Å²) < 4.78 is 131. The number of halogens is 10. The van der Waals surface area contributed by atoms with E-state index in [-0.39, 0.29) is 17.6 Å². The lowest BCUT2D eigenvalue weighted by molar-refractivity contribution is -0.406. The van der Waals surface area contributed by atoms with Gasteiger partial charge in [0.05, 0.1) is 0 Å². The summed E-state index contributed by atoms with van der Waals surface area (Å²) in [6, 6.07) is 0. The van der Waals surface area contributed by atoms with Gasteiger partial charge < -0.3 is 5.11 Å². The highest BCUT2D eigenvalue weighted by Crippen LogP contribution is 2.60. The summed E-state index contributed by atoms with van der Waals surface area (Å²) in [5, 5.41) is 9.51. The molecule has 2 aliphatic rings. The van der Waals surface area contributed by atoms with Gasteiger partial charge in [0.15, 0.2) is 0 Å². The van der Waals surface area contributed by atoms with E-state index in [1.807, 2.05) is 6.92 Å². The van der Waals surface area contributed by atoms with Crippen molar-refractivity contribution in [3.05, 3.63) is 0 Å². The number of carbonyl (C=O) groups is 1. The fraction of sp³-hybridized carbons (Fsp3) is 0.857. The smallest absolute Gasteiger partial charge is 0.367 e. The van der Waals surface area contributed by atoms with E-state index in [4.69, 9.17) is 0 Å². The summed E-state index contributed by atoms with van der Waals surface area (Å²) in [6.07, 6.45) is -12.0. The number of fused-ring (bicyclic) bond motifs is 1. The van der Waals surface area contributed by atoms with Gasteiger partial charge in [0, 0.05) is 18.8 Å². The van der Waals surface area contributed by atoms with Gasteiger partial charge in [0.1, 0.15) is 5.78 Å². The van der Waals surface area contributed by atoms with Crippen molar-refractivity contribution in [3.8, 4) is 11.8 Å². The number of rotatable bonds is 4. The zero-order valence-electron chi connectivity index (χ0n) is 18.0. The molecule has 2 fully saturated rings. The third-order valence-corrected chi connectivity index (χ3v) is 7.24. The van der Waals surface area contributed by atoms with Gasteiger partial charge in [-0.25, -0.2) is 0 Å². The minimum atomic E-state index is -6.94. The second-order valence-electron chi connectivity index (χ2n) is 9.83. The average molecular weight is 498 g/mol. The number of alkyl halides is 10. The molecular formula is C21H24F10O2. The third kappa shape index (κ3) is 4.23. The van der Waals surface area contributed by atoms with Crippen molar-refractivity contribution in [3.63, 3.8) is 0 Å². The molecule has 2 rings (SSSR count). The van der Waals surface area contributed by atoms with E-state index in [1.165, 1.54) is 13.8 Å². The Morgan fingerprint density at radius 1 is 0.939 bits per heavy atom. The summed E-state index contributed by atoms with van der Waals surface area (Å²) in [5.41, 5.74) is -7.67. The summed E-state index contributed by atoms with van der Waals surface area (Å²) >= 11 is 0. The highest BCUT2D eigenvalue weighted by molar-refractivity contribution is 5.83. The van der Waals surface area contributed by atoms with Crippen LogP contribution in [0.15, 0.2) is 0 Å². The number of ketones is 1. The van der Waals surface area contributed by atoms with E-state index in [1.54, 1.807) is 5.92 Å². The maximum absolute atomic E-state index is 13.8. The van der Waals surface area contributed by atoms with Crippen LogP contribution >= 0.6 is 0 Å². The van der Waals surface area contributed by atoms with Crippen LogP contribution in [0.4, 0.5) is 43.9 Å². The quantitative estimate of drug-likeness (QED) is 0.364. The van der Waals surface area contributed by atoms with Crippen LogP contribution in [0.1, 0.15) is 59.3 Å². The van der Waals surface area contributed by atoms with Crippen molar-refractivity contribution in [2.75, 3.05) is 0 Å². The predicted molar refractivity (Wildman–Crippen MR) is 96.3 cm³/mol. The molecule has 2 saturated carbocycles. The van der Waals surface area contributed by atoms with E-state index in [2.05, 4.69) is 0 Å². The zero-order valence-corrected chi connectivity index (χ0v) is 18.0. The van der Waals surface area contributed by atoms with Gasteiger partial charge >= 0.3 is 24.2 Å². The lowest BCUT2D eigenvalue weighted by atomic mass is 9.58. The molecule has 0 bridgehead atoms. The van der Waals surface area contributed by atoms with E-state index in [0.717, 1.165) is 0 Å². The standard InChI is InChI=1S/C21H24F10O2/c1-15(2,14-8-7-12-13(32)6-4-10-16(12,14)3)9-5-11-17(33,18(22,23)20(26,27)28)19(24,25)21(29,30)31/h12,14,33H,4,6-10H2,1-3H3/t12-,14?,16-/m0/s1. The Hall–Kier alpha value is -1.51. The monoisotopic (exact) mass is 498 g/mol. The topological polar surface area (TPSA) is 37.3 Å². The molecule has 2 nitrogen and oxygen atoms in total. The summed E-state index contributed by atoms with van der Waals surface area (Å²) in [4.78, 5) is 12.3. The first-order chi connectivity index (χ1) is 14.6. The van der Waals surface area contributed by atoms with Crippen LogP contribution in [-0.4, -0.2) is 40.7 Å². The molecule has 190 valence electrons. The Kier molecular flexibility index (Phi) is 6.74. The first kappa shape index (κ1) is 27.7. The van der Waals surface area contributed by atoms with Crippen LogP contribution in [0.5, 0.6) is 0 Å². The molecule has 1 unspecified atom stereocenters. The van der Waals surface area contributed by atoms with E-state index in [0.29, 0.717) is 38.0 Å². The van der Waals surface area contributed by atoms with Gasteiger partial charge in [-0.1, -0.05) is 32.6 Å². The normalized spacial score (nSPS) is 27.8. The lowest BCUT2D eigenvalue weighted by Crippen LogP contribution is -2.69. The van der Waals surface area contributed by atoms with Crippen molar-refractivity contribution in [2.24, 2.45) is 22.7 Å². The Morgan fingerprint density at radius 3 is 1.88 bits per heavy atom. The van der Waals surface area contributed by atoms with Crippen LogP contribution in [-0.2, 0) is 4.79 Å². The van der Waals surface area contributed by atoms with Crippen molar-refractivity contribution in [1.29, 1.82) is 0 Å². The largest absolute Gasteiger partial charge is 0.457 e. The van der Waals surface area contributed by atoms with Crippen LogP contribution in [0, 0.1) is 34.5 Å². The maximum atomic E-state index is 13.8. The Bertz CT molecular complexity index is 805. The molecule has 12 heteroatoms. The number of hydrogen-bond donors (Lipinski definition) is 1. The molecule has 0 aromatic carbocycles. The van der Waals surface area contributed by atoms with Gasteiger partial charge in [-0.15, -0.1) is 0 Å². The van der Waals surface area contributed by atoms with Crippen molar-refractivity contribution in [2.45, 2.75) is 89.1 Å². The highest BCUT2D eigenvalue weighted by atomic mass is 19.4. The molecule has 0 spiro atoms. The fourth-order valence-electron chi connectivity index (χ4n) is 5.50. The van der Waals surface area contributed by atoms with E-state index >= 15 is 0 Å². The first-order valence-electron chi connectivity index (χ1n) is 10.2.